The van der Waals surface area contributed by atoms with Crippen LogP contribution in [-0.2, 0) is 4.79 Å². The highest BCUT2D eigenvalue weighted by Gasteiger charge is 2.08. The van der Waals surface area contributed by atoms with Gasteiger partial charge in [-0.15, -0.1) is 11.3 Å². The Balaban J connectivity index is 1.81. The van der Waals surface area contributed by atoms with Crippen molar-refractivity contribution >= 4 is 39.2 Å². The van der Waals surface area contributed by atoms with Gasteiger partial charge in [0.05, 0.1) is 16.8 Å². The molecule has 0 radical (unpaired) electrons. The average Bonchev–Trinajstić information content (AvgIpc) is 2.81. The predicted molar refractivity (Wildman–Crippen MR) is 79.7 cm³/mol. The van der Waals surface area contributed by atoms with Gasteiger partial charge in [-0.1, -0.05) is 23.9 Å². The fraction of sp³-hybridized carbons (Fsp3) is 0.385. The Labute approximate surface area is 120 Å². The molecule has 102 valence electrons. The summed E-state index contributed by atoms with van der Waals surface area (Å²) in [4.78, 5) is 16.0. The maximum atomic E-state index is 11.5. The van der Waals surface area contributed by atoms with Crippen molar-refractivity contribution in [2.24, 2.45) is 0 Å². The lowest BCUT2D eigenvalue weighted by Crippen LogP contribution is -2.35. The summed E-state index contributed by atoms with van der Waals surface area (Å²) >= 11 is 3.24. The molecule has 19 heavy (non-hydrogen) atoms. The molecule has 0 aliphatic carbocycles. The Hall–Kier alpha value is -1.11. The molecule has 1 aromatic carbocycles. The van der Waals surface area contributed by atoms with E-state index in [1.54, 1.807) is 30.0 Å². The number of nitrogens with one attached hydrogen (secondary N) is 1. The minimum absolute atomic E-state index is 0.0310. The number of carbonyl (C=O) groups is 1. The third kappa shape index (κ3) is 4.19. The highest BCUT2D eigenvalue weighted by atomic mass is 32.2. The molecule has 0 aliphatic heterocycles. The van der Waals surface area contributed by atoms with Crippen LogP contribution in [0.1, 0.15) is 13.3 Å². The topological polar surface area (TPSA) is 62.2 Å². The molecule has 1 heterocycles. The number of rotatable bonds is 6. The number of aliphatic hydroxyl groups is 1. The first-order chi connectivity index (χ1) is 9.19. The van der Waals surface area contributed by atoms with Crippen LogP contribution in [0.3, 0.4) is 0 Å². The SMILES string of the molecule is CC(CO)NC(=O)CCSc1nc2ccccc2s1. The van der Waals surface area contributed by atoms with E-state index >= 15 is 0 Å². The number of thiazole rings is 1. The number of carbonyl (C=O) groups excluding carboxylic acids is 1. The summed E-state index contributed by atoms with van der Waals surface area (Å²) < 4.78 is 2.16. The second-order valence-corrected chi connectivity index (χ2v) is 6.57. The van der Waals surface area contributed by atoms with Gasteiger partial charge in [0.2, 0.25) is 5.91 Å². The van der Waals surface area contributed by atoms with Crippen LogP contribution in [0.2, 0.25) is 0 Å². The summed E-state index contributed by atoms with van der Waals surface area (Å²) in [5.41, 5.74) is 1.01. The summed E-state index contributed by atoms with van der Waals surface area (Å²) in [5, 5.41) is 11.6. The Morgan fingerprint density at radius 1 is 1.53 bits per heavy atom. The summed E-state index contributed by atoms with van der Waals surface area (Å²) in [5.74, 6) is 0.666. The van der Waals surface area contributed by atoms with Gasteiger partial charge in [-0.3, -0.25) is 4.79 Å². The molecule has 0 bridgehead atoms. The fourth-order valence-corrected chi connectivity index (χ4v) is 3.61. The zero-order valence-electron chi connectivity index (χ0n) is 10.6. The Morgan fingerprint density at radius 2 is 2.32 bits per heavy atom. The number of fused-ring (bicyclic) bond motifs is 1. The molecule has 1 unspecified atom stereocenters. The van der Waals surface area contributed by atoms with Crippen LogP contribution in [-0.4, -0.2) is 34.4 Å². The number of nitrogens with zero attached hydrogens (tertiary/aromatic N) is 1. The second-order valence-electron chi connectivity index (χ2n) is 4.20. The van der Waals surface area contributed by atoms with Crippen LogP contribution in [0.15, 0.2) is 28.6 Å². The largest absolute Gasteiger partial charge is 0.394 e. The predicted octanol–water partition coefficient (Wildman–Crippen LogP) is 2.28. The molecular formula is C13H16N2O2S2. The zero-order chi connectivity index (χ0) is 13.7. The molecular weight excluding hydrogens is 280 g/mol. The number of aliphatic hydroxyl groups excluding tert-OH is 1. The van der Waals surface area contributed by atoms with Crippen molar-refractivity contribution in [3.63, 3.8) is 0 Å². The van der Waals surface area contributed by atoms with E-state index in [0.717, 1.165) is 9.86 Å². The molecule has 2 aromatic rings. The van der Waals surface area contributed by atoms with Gasteiger partial charge in [0.15, 0.2) is 4.34 Å². The molecule has 4 nitrogen and oxygen atoms in total. The second kappa shape index (κ2) is 6.88. The van der Waals surface area contributed by atoms with Crippen LogP contribution in [0, 0.1) is 0 Å². The number of hydrogen-bond acceptors (Lipinski definition) is 5. The third-order valence-electron chi connectivity index (χ3n) is 2.51. The highest BCUT2D eigenvalue weighted by molar-refractivity contribution is 8.01. The van der Waals surface area contributed by atoms with Crippen molar-refractivity contribution in [2.75, 3.05) is 12.4 Å². The van der Waals surface area contributed by atoms with E-state index in [9.17, 15) is 4.79 Å². The fourth-order valence-electron chi connectivity index (χ4n) is 1.54. The van der Waals surface area contributed by atoms with Gasteiger partial charge in [0, 0.05) is 18.2 Å². The first-order valence-corrected chi connectivity index (χ1v) is 7.88. The smallest absolute Gasteiger partial charge is 0.221 e. The Bertz CT molecular complexity index is 523. The van der Waals surface area contributed by atoms with Crippen molar-refractivity contribution in [2.45, 2.75) is 23.7 Å². The molecule has 0 saturated heterocycles. The van der Waals surface area contributed by atoms with E-state index in [0.29, 0.717) is 12.2 Å². The van der Waals surface area contributed by atoms with Crippen molar-refractivity contribution in [1.29, 1.82) is 0 Å². The lowest BCUT2D eigenvalue weighted by molar-refractivity contribution is -0.121. The van der Waals surface area contributed by atoms with E-state index < -0.39 is 0 Å². The van der Waals surface area contributed by atoms with Crippen LogP contribution in [0.5, 0.6) is 0 Å². The van der Waals surface area contributed by atoms with Gasteiger partial charge in [0.1, 0.15) is 0 Å². The lowest BCUT2D eigenvalue weighted by Gasteiger charge is -2.09. The highest BCUT2D eigenvalue weighted by Crippen LogP contribution is 2.29. The van der Waals surface area contributed by atoms with E-state index in [2.05, 4.69) is 10.3 Å². The van der Waals surface area contributed by atoms with Crippen molar-refractivity contribution in [3.8, 4) is 0 Å². The zero-order valence-corrected chi connectivity index (χ0v) is 12.3. The van der Waals surface area contributed by atoms with Crippen molar-refractivity contribution in [3.05, 3.63) is 24.3 Å². The number of para-hydroxylation sites is 1. The third-order valence-corrected chi connectivity index (χ3v) is 4.69. The molecule has 6 heteroatoms. The Kier molecular flexibility index (Phi) is 5.18. The van der Waals surface area contributed by atoms with Crippen molar-refractivity contribution < 1.29 is 9.90 Å². The van der Waals surface area contributed by atoms with Crippen LogP contribution < -0.4 is 5.32 Å². The van der Waals surface area contributed by atoms with E-state index in [1.165, 1.54) is 4.70 Å². The summed E-state index contributed by atoms with van der Waals surface area (Å²) in [6, 6.07) is 7.83. The number of amides is 1. The van der Waals surface area contributed by atoms with Gasteiger partial charge >= 0.3 is 0 Å². The van der Waals surface area contributed by atoms with Gasteiger partial charge in [-0.05, 0) is 19.1 Å². The lowest BCUT2D eigenvalue weighted by atomic mass is 10.3. The average molecular weight is 296 g/mol. The first kappa shape index (κ1) is 14.3. The Morgan fingerprint density at radius 3 is 3.05 bits per heavy atom. The monoisotopic (exact) mass is 296 g/mol. The molecule has 1 amide bonds. The number of thioether (sulfide) groups is 1. The molecule has 2 rings (SSSR count). The number of benzene rings is 1. The molecule has 1 atom stereocenters. The normalized spacial score (nSPS) is 12.5. The van der Waals surface area contributed by atoms with Crippen LogP contribution in [0.4, 0.5) is 0 Å². The summed E-state index contributed by atoms with van der Waals surface area (Å²) in [6.45, 7) is 1.75. The molecule has 1 aromatic heterocycles. The van der Waals surface area contributed by atoms with Crippen molar-refractivity contribution in [1.82, 2.24) is 10.3 Å². The van der Waals surface area contributed by atoms with Crippen LogP contribution in [0.25, 0.3) is 10.2 Å². The molecule has 0 saturated carbocycles. The molecule has 0 aliphatic rings. The molecule has 0 spiro atoms. The van der Waals surface area contributed by atoms with Gasteiger partial charge in [-0.25, -0.2) is 4.98 Å². The minimum Gasteiger partial charge on any atom is -0.394 e. The van der Waals surface area contributed by atoms with E-state index in [1.807, 2.05) is 24.3 Å². The van der Waals surface area contributed by atoms with Gasteiger partial charge < -0.3 is 10.4 Å². The number of aromatic nitrogens is 1. The van der Waals surface area contributed by atoms with E-state index in [-0.39, 0.29) is 18.6 Å². The number of hydrogen-bond donors (Lipinski definition) is 2. The summed E-state index contributed by atoms with van der Waals surface area (Å²) in [6.07, 6.45) is 0.435. The van der Waals surface area contributed by atoms with Gasteiger partial charge in [-0.2, -0.15) is 0 Å². The standard InChI is InChI=1S/C13H16N2O2S2/c1-9(8-16)14-12(17)6-7-18-13-15-10-4-2-3-5-11(10)19-13/h2-5,9,16H,6-8H2,1H3,(H,14,17). The summed E-state index contributed by atoms with van der Waals surface area (Å²) in [7, 11) is 0. The molecule has 2 N–H and O–H groups in total. The van der Waals surface area contributed by atoms with E-state index in [4.69, 9.17) is 5.11 Å². The first-order valence-electron chi connectivity index (χ1n) is 6.07. The maximum Gasteiger partial charge on any atom is 0.221 e. The maximum absolute atomic E-state index is 11.5. The minimum atomic E-state index is -0.181. The quantitative estimate of drug-likeness (QED) is 0.803. The van der Waals surface area contributed by atoms with Crippen LogP contribution >= 0.6 is 23.1 Å². The molecule has 0 fully saturated rings. The van der Waals surface area contributed by atoms with Gasteiger partial charge in [0.25, 0.3) is 0 Å².